The molecule has 4 rings (SSSR count). The molecule has 188 valence electrons. The maximum atomic E-state index is 12.6. The van der Waals surface area contributed by atoms with E-state index in [9.17, 15) is 9.59 Å². The zero-order valence-corrected chi connectivity index (χ0v) is 21.1. The second kappa shape index (κ2) is 11.3. The highest BCUT2D eigenvalue weighted by Gasteiger charge is 2.22. The van der Waals surface area contributed by atoms with E-state index in [1.807, 2.05) is 81.4 Å². The third-order valence-corrected chi connectivity index (χ3v) is 6.22. The maximum Gasteiger partial charge on any atom is 0.330 e. The zero-order valence-electron chi connectivity index (χ0n) is 21.1. The summed E-state index contributed by atoms with van der Waals surface area (Å²) in [6, 6.07) is 17.6. The van der Waals surface area contributed by atoms with Crippen molar-refractivity contribution in [2.75, 3.05) is 5.32 Å². The molecule has 1 fully saturated rings. The maximum absolute atomic E-state index is 12.6. The van der Waals surface area contributed by atoms with Gasteiger partial charge >= 0.3 is 12.0 Å². The summed E-state index contributed by atoms with van der Waals surface area (Å²) in [5, 5.41) is 6.63. The number of esters is 1. The third kappa shape index (κ3) is 7.38. The van der Waals surface area contributed by atoms with Crippen molar-refractivity contribution in [2.45, 2.75) is 64.4 Å². The van der Waals surface area contributed by atoms with E-state index < -0.39 is 5.60 Å². The molecular formula is C29H33N3O4. The summed E-state index contributed by atoms with van der Waals surface area (Å²) in [4.78, 5) is 28.8. The molecule has 0 saturated heterocycles. The summed E-state index contributed by atoms with van der Waals surface area (Å²) in [5.41, 5.74) is 2.36. The highest BCUT2D eigenvalue weighted by atomic mass is 16.6. The van der Waals surface area contributed by atoms with Crippen LogP contribution >= 0.6 is 0 Å². The lowest BCUT2D eigenvalue weighted by atomic mass is 9.78. The van der Waals surface area contributed by atoms with Crippen molar-refractivity contribution < 1.29 is 18.8 Å². The van der Waals surface area contributed by atoms with Gasteiger partial charge in [0.2, 0.25) is 0 Å². The van der Waals surface area contributed by atoms with Crippen LogP contribution in [0.5, 0.6) is 0 Å². The van der Waals surface area contributed by atoms with Crippen LogP contribution in [0.3, 0.4) is 0 Å². The predicted octanol–water partition coefficient (Wildman–Crippen LogP) is 6.08. The Kier molecular flexibility index (Phi) is 7.98. The highest BCUT2D eigenvalue weighted by molar-refractivity contribution is 6.03. The lowest BCUT2D eigenvalue weighted by Gasteiger charge is -2.27. The number of hydrogen-bond donors (Lipinski definition) is 1. The van der Waals surface area contributed by atoms with E-state index in [2.05, 4.69) is 15.5 Å². The van der Waals surface area contributed by atoms with Gasteiger partial charge in [0.25, 0.3) is 5.91 Å². The van der Waals surface area contributed by atoms with Crippen molar-refractivity contribution in [3.63, 3.8) is 0 Å². The van der Waals surface area contributed by atoms with Crippen LogP contribution in [-0.2, 0) is 16.0 Å². The molecule has 0 bridgehead atoms. The van der Waals surface area contributed by atoms with Crippen LogP contribution in [0.2, 0.25) is 0 Å². The molecule has 36 heavy (non-hydrogen) atoms. The van der Waals surface area contributed by atoms with Gasteiger partial charge in [-0.3, -0.25) is 10.1 Å². The van der Waals surface area contributed by atoms with Crippen LogP contribution in [0.25, 0.3) is 0 Å². The number of nitrogens with one attached hydrogen (secondary N) is 1. The molecule has 3 aromatic rings. The first-order valence-electron chi connectivity index (χ1n) is 12.4. The van der Waals surface area contributed by atoms with E-state index in [0.717, 1.165) is 31.2 Å². The number of rotatable bonds is 7. The van der Waals surface area contributed by atoms with Gasteiger partial charge < -0.3 is 9.26 Å². The molecular weight excluding hydrogens is 454 g/mol. The van der Waals surface area contributed by atoms with Crippen molar-refractivity contribution in [3.8, 4) is 0 Å². The molecule has 0 atom stereocenters. The number of anilines is 1. The normalized spacial score (nSPS) is 18.2. The first-order chi connectivity index (χ1) is 17.2. The van der Waals surface area contributed by atoms with Gasteiger partial charge in [-0.05, 0) is 81.5 Å². The Morgan fingerprint density at radius 1 is 1.03 bits per heavy atom. The highest BCUT2D eigenvalue weighted by Crippen LogP contribution is 2.36. The molecule has 1 heterocycles. The van der Waals surface area contributed by atoms with Gasteiger partial charge in [-0.1, -0.05) is 53.7 Å². The smallest absolute Gasteiger partial charge is 0.330 e. The minimum atomic E-state index is -0.473. The first kappa shape index (κ1) is 25.4. The first-order valence-corrected chi connectivity index (χ1v) is 12.4. The Morgan fingerprint density at radius 3 is 2.39 bits per heavy atom. The number of hydrogen-bond acceptors (Lipinski definition) is 6. The average molecular weight is 488 g/mol. The van der Waals surface area contributed by atoms with Crippen molar-refractivity contribution in [3.05, 3.63) is 89.3 Å². The molecule has 7 nitrogen and oxygen atoms in total. The summed E-state index contributed by atoms with van der Waals surface area (Å²) in [6.07, 6.45) is 8.22. The molecule has 0 radical (unpaired) electrons. The number of ether oxygens (including phenoxy) is 1. The lowest BCUT2D eigenvalue weighted by molar-refractivity contribution is -0.148. The van der Waals surface area contributed by atoms with Crippen LogP contribution in [0.15, 0.2) is 71.3 Å². The number of carbonyl (C=O) groups is 2. The molecule has 1 aliphatic rings. The van der Waals surface area contributed by atoms with Gasteiger partial charge in [-0.2, -0.15) is 4.98 Å². The van der Waals surface area contributed by atoms with E-state index >= 15 is 0 Å². The SMILES string of the molecule is CC(C)(C)OC(=O)/C=C/[C@H]1CC[C@H](c2ccc(C(=O)Nc3nc(Cc4ccccc4)no3)cc2)CC1. The zero-order chi connectivity index (χ0) is 25.5. The number of nitrogens with zero attached hydrogens (tertiary/aromatic N) is 2. The number of allylic oxidation sites excluding steroid dienone is 1. The van der Waals surface area contributed by atoms with Crippen LogP contribution in [0.4, 0.5) is 6.01 Å². The molecule has 1 aliphatic carbocycles. The summed E-state index contributed by atoms with van der Waals surface area (Å²) < 4.78 is 10.5. The topological polar surface area (TPSA) is 94.3 Å². The number of carbonyl (C=O) groups excluding carboxylic acids is 2. The fraction of sp³-hybridized carbons (Fsp3) is 0.379. The predicted molar refractivity (Wildman–Crippen MR) is 138 cm³/mol. The number of amides is 1. The van der Waals surface area contributed by atoms with Gasteiger partial charge in [-0.25, -0.2) is 4.79 Å². The molecule has 7 heteroatoms. The molecule has 1 aromatic heterocycles. The molecule has 0 unspecified atom stereocenters. The number of benzene rings is 2. The standard InChI is InChI=1S/C29H33N3O4/c1-29(2,3)35-26(33)18-11-20-9-12-22(13-10-20)23-14-16-24(17-15-23)27(34)31-28-30-25(32-36-28)19-21-7-5-4-6-8-21/h4-8,11,14-18,20,22H,9-10,12-13,19H2,1-3H3,(H,30,31,32,34)/b18-11+/t20-,22-. The van der Waals surface area contributed by atoms with Crippen LogP contribution < -0.4 is 5.32 Å². The fourth-order valence-corrected chi connectivity index (χ4v) is 4.43. The Balaban J connectivity index is 1.26. The molecule has 1 N–H and O–H groups in total. The van der Waals surface area contributed by atoms with Gasteiger partial charge in [0, 0.05) is 18.1 Å². The van der Waals surface area contributed by atoms with Crippen molar-refractivity contribution in [1.82, 2.24) is 10.1 Å². The van der Waals surface area contributed by atoms with Crippen molar-refractivity contribution >= 4 is 17.9 Å². The van der Waals surface area contributed by atoms with E-state index in [1.54, 1.807) is 6.08 Å². The van der Waals surface area contributed by atoms with Crippen LogP contribution in [0, 0.1) is 5.92 Å². The summed E-state index contributed by atoms with van der Waals surface area (Å²) in [7, 11) is 0. The van der Waals surface area contributed by atoms with E-state index in [4.69, 9.17) is 9.26 Å². The van der Waals surface area contributed by atoms with E-state index in [-0.39, 0.29) is 17.9 Å². The van der Waals surface area contributed by atoms with Crippen LogP contribution in [-0.4, -0.2) is 27.6 Å². The van der Waals surface area contributed by atoms with Crippen molar-refractivity contribution in [1.29, 1.82) is 0 Å². The number of aromatic nitrogens is 2. The summed E-state index contributed by atoms with van der Waals surface area (Å²) in [5.74, 6) is 0.784. The Morgan fingerprint density at radius 2 is 1.72 bits per heavy atom. The lowest BCUT2D eigenvalue weighted by Crippen LogP contribution is -2.22. The largest absolute Gasteiger partial charge is 0.457 e. The molecule has 1 saturated carbocycles. The second-order valence-corrected chi connectivity index (χ2v) is 10.3. The Labute approximate surface area is 211 Å². The summed E-state index contributed by atoms with van der Waals surface area (Å²) >= 11 is 0. The fourth-order valence-electron chi connectivity index (χ4n) is 4.43. The molecule has 0 aliphatic heterocycles. The molecule has 2 aromatic carbocycles. The minimum Gasteiger partial charge on any atom is -0.457 e. The van der Waals surface area contributed by atoms with Gasteiger partial charge in [0.1, 0.15) is 5.60 Å². The van der Waals surface area contributed by atoms with Crippen LogP contribution in [0.1, 0.15) is 79.7 Å². The quantitative estimate of drug-likeness (QED) is 0.320. The second-order valence-electron chi connectivity index (χ2n) is 10.3. The Hall–Kier alpha value is -3.74. The average Bonchev–Trinajstić information content (AvgIpc) is 3.29. The monoisotopic (exact) mass is 487 g/mol. The molecule has 1 amide bonds. The Bertz CT molecular complexity index is 1190. The van der Waals surface area contributed by atoms with Gasteiger partial charge in [0.05, 0.1) is 0 Å². The van der Waals surface area contributed by atoms with Gasteiger partial charge in [0.15, 0.2) is 5.82 Å². The van der Waals surface area contributed by atoms with E-state index in [1.165, 1.54) is 5.56 Å². The van der Waals surface area contributed by atoms with Crippen molar-refractivity contribution in [2.24, 2.45) is 5.92 Å². The summed E-state index contributed by atoms with van der Waals surface area (Å²) in [6.45, 7) is 5.60. The minimum absolute atomic E-state index is 0.0905. The van der Waals surface area contributed by atoms with Gasteiger partial charge in [-0.15, -0.1) is 0 Å². The third-order valence-electron chi connectivity index (χ3n) is 6.22. The van der Waals surface area contributed by atoms with E-state index in [0.29, 0.717) is 29.6 Å². The molecule has 0 spiro atoms.